The van der Waals surface area contributed by atoms with E-state index in [-0.39, 0.29) is 18.2 Å². The van der Waals surface area contributed by atoms with Crippen molar-refractivity contribution in [1.29, 1.82) is 0 Å². The molecule has 0 saturated heterocycles. The lowest BCUT2D eigenvalue weighted by atomic mass is 10.0. The van der Waals surface area contributed by atoms with E-state index in [4.69, 9.17) is 4.74 Å². The third-order valence-corrected chi connectivity index (χ3v) is 3.39. The first kappa shape index (κ1) is 18.5. The van der Waals surface area contributed by atoms with Crippen LogP contribution in [0.2, 0.25) is 0 Å². The monoisotopic (exact) mass is 306 g/mol. The molecule has 0 saturated carbocycles. The Hall–Kier alpha value is -1.55. The van der Waals surface area contributed by atoms with Crippen LogP contribution in [-0.2, 0) is 4.74 Å². The predicted octanol–water partition coefficient (Wildman–Crippen LogP) is 3.87. The number of aryl methyl sites for hydroxylation is 2. The van der Waals surface area contributed by atoms with E-state index < -0.39 is 5.60 Å². The Balaban J connectivity index is 2.46. The lowest BCUT2D eigenvalue weighted by Gasteiger charge is -2.23. The molecule has 0 aromatic heterocycles. The number of carbonyl (C=O) groups is 1. The largest absolute Gasteiger partial charge is 0.444 e. The molecule has 0 aliphatic heterocycles. The Morgan fingerprint density at radius 2 is 1.86 bits per heavy atom. The van der Waals surface area contributed by atoms with Gasteiger partial charge < -0.3 is 15.4 Å². The Morgan fingerprint density at radius 1 is 1.23 bits per heavy atom. The molecule has 1 amide bonds. The molecule has 2 atom stereocenters. The summed E-state index contributed by atoms with van der Waals surface area (Å²) >= 11 is 0. The summed E-state index contributed by atoms with van der Waals surface area (Å²) in [5, 5.41) is 6.30. The fourth-order valence-electron chi connectivity index (χ4n) is 2.33. The normalized spacial score (nSPS) is 14.3. The number of carbonyl (C=O) groups excluding carboxylic acids is 1. The summed E-state index contributed by atoms with van der Waals surface area (Å²) in [6.07, 6.45) is -0.374. The van der Waals surface area contributed by atoms with Crippen LogP contribution in [-0.4, -0.2) is 24.3 Å². The number of hydrogen-bond donors (Lipinski definition) is 2. The summed E-state index contributed by atoms with van der Waals surface area (Å²) in [6.45, 7) is 14.6. The topological polar surface area (TPSA) is 50.4 Å². The summed E-state index contributed by atoms with van der Waals surface area (Å²) in [6, 6.07) is 6.72. The SMILES string of the molecule is Cc1ccc(C(C)NCC(C)NC(=O)OC(C)(C)C)c(C)c1. The van der Waals surface area contributed by atoms with Crippen LogP contribution in [0.3, 0.4) is 0 Å². The number of benzene rings is 1. The Kier molecular flexibility index (Phi) is 6.42. The molecule has 4 nitrogen and oxygen atoms in total. The van der Waals surface area contributed by atoms with Gasteiger partial charge in [-0.05, 0) is 59.6 Å². The lowest BCUT2D eigenvalue weighted by molar-refractivity contribution is 0.0507. The van der Waals surface area contributed by atoms with Gasteiger partial charge in [0.1, 0.15) is 5.60 Å². The molecule has 124 valence electrons. The third kappa shape index (κ3) is 6.48. The number of alkyl carbamates (subject to hydrolysis) is 1. The molecule has 0 radical (unpaired) electrons. The average Bonchev–Trinajstić information content (AvgIpc) is 2.33. The molecule has 0 bridgehead atoms. The summed E-state index contributed by atoms with van der Waals surface area (Å²) in [4.78, 5) is 11.7. The van der Waals surface area contributed by atoms with Crippen LogP contribution in [0.1, 0.15) is 57.4 Å². The van der Waals surface area contributed by atoms with E-state index >= 15 is 0 Å². The van der Waals surface area contributed by atoms with Crippen LogP contribution in [0.4, 0.5) is 4.79 Å². The molecular weight excluding hydrogens is 276 g/mol. The first-order chi connectivity index (χ1) is 10.1. The zero-order valence-corrected chi connectivity index (χ0v) is 14.9. The number of amides is 1. The van der Waals surface area contributed by atoms with Gasteiger partial charge in [0.15, 0.2) is 0 Å². The highest BCUT2D eigenvalue weighted by molar-refractivity contribution is 5.68. The van der Waals surface area contributed by atoms with Gasteiger partial charge in [-0.2, -0.15) is 0 Å². The van der Waals surface area contributed by atoms with Crippen molar-refractivity contribution in [3.8, 4) is 0 Å². The van der Waals surface area contributed by atoms with Crippen LogP contribution < -0.4 is 10.6 Å². The smallest absolute Gasteiger partial charge is 0.407 e. The third-order valence-electron chi connectivity index (χ3n) is 3.39. The maximum Gasteiger partial charge on any atom is 0.407 e. The fourth-order valence-corrected chi connectivity index (χ4v) is 2.33. The van der Waals surface area contributed by atoms with Gasteiger partial charge in [0.05, 0.1) is 0 Å². The first-order valence-corrected chi connectivity index (χ1v) is 7.88. The van der Waals surface area contributed by atoms with Crippen molar-refractivity contribution in [2.75, 3.05) is 6.54 Å². The molecular formula is C18H30N2O2. The van der Waals surface area contributed by atoms with E-state index in [1.165, 1.54) is 16.7 Å². The summed E-state index contributed by atoms with van der Waals surface area (Å²) in [5.74, 6) is 0. The Morgan fingerprint density at radius 3 is 2.41 bits per heavy atom. The summed E-state index contributed by atoms with van der Waals surface area (Å²) in [7, 11) is 0. The molecule has 0 aliphatic rings. The lowest BCUT2D eigenvalue weighted by Crippen LogP contribution is -2.43. The highest BCUT2D eigenvalue weighted by atomic mass is 16.6. The van der Waals surface area contributed by atoms with Crippen LogP contribution >= 0.6 is 0 Å². The second kappa shape index (κ2) is 7.63. The maximum atomic E-state index is 11.7. The Labute approximate surface area is 134 Å². The van der Waals surface area contributed by atoms with Crippen LogP contribution in [0.25, 0.3) is 0 Å². The van der Waals surface area contributed by atoms with Gasteiger partial charge >= 0.3 is 6.09 Å². The van der Waals surface area contributed by atoms with Gasteiger partial charge in [-0.15, -0.1) is 0 Å². The van der Waals surface area contributed by atoms with Crippen LogP contribution in [0.15, 0.2) is 18.2 Å². The van der Waals surface area contributed by atoms with Gasteiger partial charge in [-0.25, -0.2) is 4.79 Å². The van der Waals surface area contributed by atoms with Crippen molar-refractivity contribution >= 4 is 6.09 Å². The molecule has 4 heteroatoms. The number of rotatable bonds is 5. The number of nitrogens with one attached hydrogen (secondary N) is 2. The van der Waals surface area contributed by atoms with E-state index in [9.17, 15) is 4.79 Å². The van der Waals surface area contributed by atoms with E-state index in [0.717, 1.165) is 0 Å². The van der Waals surface area contributed by atoms with Crippen molar-refractivity contribution in [2.24, 2.45) is 0 Å². The number of hydrogen-bond acceptors (Lipinski definition) is 3. The molecule has 0 fully saturated rings. The van der Waals surface area contributed by atoms with Crippen molar-refractivity contribution in [3.05, 3.63) is 34.9 Å². The molecule has 1 aromatic rings. The van der Waals surface area contributed by atoms with Gasteiger partial charge in [0.25, 0.3) is 0 Å². The zero-order chi connectivity index (χ0) is 16.9. The highest BCUT2D eigenvalue weighted by Crippen LogP contribution is 2.18. The van der Waals surface area contributed by atoms with Crippen LogP contribution in [0.5, 0.6) is 0 Å². The zero-order valence-electron chi connectivity index (χ0n) is 14.9. The Bertz CT molecular complexity index is 506. The molecule has 1 rings (SSSR count). The fraction of sp³-hybridized carbons (Fsp3) is 0.611. The molecule has 2 unspecified atom stereocenters. The molecule has 2 N–H and O–H groups in total. The van der Waals surface area contributed by atoms with Gasteiger partial charge in [0, 0.05) is 18.6 Å². The van der Waals surface area contributed by atoms with Gasteiger partial charge in [-0.3, -0.25) is 0 Å². The minimum absolute atomic E-state index is 0.00283. The summed E-state index contributed by atoms with van der Waals surface area (Å²) < 4.78 is 5.25. The van der Waals surface area contributed by atoms with E-state index in [1.807, 2.05) is 27.7 Å². The standard InChI is InChI=1S/C18H30N2O2/c1-12-8-9-16(13(2)10-12)15(4)19-11-14(3)20-17(21)22-18(5,6)7/h8-10,14-15,19H,11H2,1-7H3,(H,20,21). The van der Waals surface area contributed by atoms with Crippen molar-refractivity contribution < 1.29 is 9.53 Å². The van der Waals surface area contributed by atoms with Crippen molar-refractivity contribution in [3.63, 3.8) is 0 Å². The second-order valence-electron chi connectivity index (χ2n) is 7.04. The quantitative estimate of drug-likeness (QED) is 0.868. The average molecular weight is 306 g/mol. The minimum Gasteiger partial charge on any atom is -0.444 e. The number of ether oxygens (including phenoxy) is 1. The van der Waals surface area contributed by atoms with Crippen LogP contribution in [0, 0.1) is 13.8 Å². The molecule has 22 heavy (non-hydrogen) atoms. The maximum absolute atomic E-state index is 11.7. The van der Waals surface area contributed by atoms with E-state index in [2.05, 4.69) is 49.6 Å². The molecule has 0 aliphatic carbocycles. The molecule has 0 spiro atoms. The van der Waals surface area contributed by atoms with E-state index in [0.29, 0.717) is 6.54 Å². The second-order valence-corrected chi connectivity index (χ2v) is 7.04. The van der Waals surface area contributed by atoms with Gasteiger partial charge in [-0.1, -0.05) is 23.8 Å². The predicted molar refractivity (Wildman–Crippen MR) is 91.2 cm³/mol. The van der Waals surface area contributed by atoms with Crippen molar-refractivity contribution in [2.45, 2.75) is 66.2 Å². The summed E-state index contributed by atoms with van der Waals surface area (Å²) in [5.41, 5.74) is 3.38. The van der Waals surface area contributed by atoms with E-state index in [1.54, 1.807) is 0 Å². The highest BCUT2D eigenvalue weighted by Gasteiger charge is 2.18. The molecule has 0 heterocycles. The minimum atomic E-state index is -0.469. The van der Waals surface area contributed by atoms with Gasteiger partial charge in [0.2, 0.25) is 0 Å². The van der Waals surface area contributed by atoms with Crippen molar-refractivity contribution in [1.82, 2.24) is 10.6 Å². The molecule has 1 aromatic carbocycles. The first-order valence-electron chi connectivity index (χ1n) is 7.88.